The third-order valence-corrected chi connectivity index (χ3v) is 4.86. The van der Waals surface area contributed by atoms with Crippen molar-refractivity contribution in [3.05, 3.63) is 81.9 Å². The summed E-state index contributed by atoms with van der Waals surface area (Å²) in [6.45, 7) is 0. The normalized spacial score (nSPS) is 11.6. The lowest BCUT2D eigenvalue weighted by Gasteiger charge is -2.10. The Balaban J connectivity index is 1.63. The van der Waals surface area contributed by atoms with Gasteiger partial charge in [0.05, 0.1) is 27.4 Å². The van der Waals surface area contributed by atoms with Gasteiger partial charge < -0.3 is 9.72 Å². The Morgan fingerprint density at radius 3 is 2.53 bits per heavy atom. The molecule has 4 aromatic rings. The number of aromatic amines is 1. The van der Waals surface area contributed by atoms with Crippen molar-refractivity contribution in [2.75, 3.05) is 0 Å². The molecule has 0 aliphatic heterocycles. The highest BCUT2D eigenvalue weighted by molar-refractivity contribution is 6.39. The summed E-state index contributed by atoms with van der Waals surface area (Å²) >= 11 is 12.4. The molecule has 152 valence electrons. The maximum absolute atomic E-state index is 13.0. The Labute approximate surface area is 177 Å². The van der Waals surface area contributed by atoms with E-state index in [0.717, 1.165) is 12.3 Å². The SMILES string of the molecule is O=C(c1ccc(Oc2cncc(C(F)(F)F)c2)cc1Cl)c1c[nH]c2nccc(Cl)c12. The summed E-state index contributed by atoms with van der Waals surface area (Å²) in [5, 5.41) is 0.889. The van der Waals surface area contributed by atoms with Crippen molar-refractivity contribution in [3.63, 3.8) is 0 Å². The van der Waals surface area contributed by atoms with E-state index in [4.69, 9.17) is 27.9 Å². The number of pyridine rings is 2. The minimum absolute atomic E-state index is 0.0618. The third-order valence-electron chi connectivity index (χ3n) is 4.23. The first-order valence-corrected chi connectivity index (χ1v) is 9.15. The van der Waals surface area contributed by atoms with Crippen molar-refractivity contribution in [3.8, 4) is 11.5 Å². The molecule has 1 aromatic carbocycles. The maximum Gasteiger partial charge on any atom is 0.418 e. The number of hydrogen-bond acceptors (Lipinski definition) is 4. The molecule has 5 nitrogen and oxygen atoms in total. The van der Waals surface area contributed by atoms with E-state index < -0.39 is 17.5 Å². The summed E-state index contributed by atoms with van der Waals surface area (Å²) in [6, 6.07) is 6.57. The molecule has 10 heteroatoms. The topological polar surface area (TPSA) is 67.9 Å². The van der Waals surface area contributed by atoms with E-state index in [1.54, 1.807) is 6.07 Å². The number of halogens is 5. The quantitative estimate of drug-likeness (QED) is 0.369. The lowest BCUT2D eigenvalue weighted by Crippen LogP contribution is -2.05. The van der Waals surface area contributed by atoms with E-state index in [9.17, 15) is 18.0 Å². The van der Waals surface area contributed by atoms with Crippen LogP contribution in [0.4, 0.5) is 13.2 Å². The lowest BCUT2D eigenvalue weighted by molar-refractivity contribution is -0.137. The zero-order valence-corrected chi connectivity index (χ0v) is 16.3. The first-order chi connectivity index (χ1) is 14.2. The second kappa shape index (κ2) is 7.62. The Bertz CT molecular complexity index is 1270. The van der Waals surface area contributed by atoms with Crippen LogP contribution in [0.2, 0.25) is 10.0 Å². The fourth-order valence-corrected chi connectivity index (χ4v) is 3.35. The van der Waals surface area contributed by atoms with Crippen molar-refractivity contribution >= 4 is 40.0 Å². The molecule has 0 saturated carbocycles. The van der Waals surface area contributed by atoms with Gasteiger partial charge in [-0.05, 0) is 24.3 Å². The Morgan fingerprint density at radius 1 is 1.00 bits per heavy atom. The number of rotatable bonds is 4. The van der Waals surface area contributed by atoms with Gasteiger partial charge in [-0.2, -0.15) is 13.2 Å². The van der Waals surface area contributed by atoms with Crippen LogP contribution in [0.25, 0.3) is 11.0 Å². The van der Waals surface area contributed by atoms with Crippen LogP contribution in [-0.4, -0.2) is 20.7 Å². The number of carbonyl (C=O) groups excluding carboxylic acids is 1. The molecule has 30 heavy (non-hydrogen) atoms. The van der Waals surface area contributed by atoms with Gasteiger partial charge in [0.25, 0.3) is 0 Å². The number of ether oxygens (including phenoxy) is 1. The number of ketones is 1. The fraction of sp³-hybridized carbons (Fsp3) is 0.0500. The van der Waals surface area contributed by atoms with Crippen molar-refractivity contribution in [1.82, 2.24) is 15.0 Å². The van der Waals surface area contributed by atoms with Gasteiger partial charge in [-0.15, -0.1) is 0 Å². The predicted molar refractivity (Wildman–Crippen MR) is 105 cm³/mol. The maximum atomic E-state index is 13.0. The second-order valence-electron chi connectivity index (χ2n) is 6.20. The molecular weight excluding hydrogens is 442 g/mol. The van der Waals surface area contributed by atoms with Gasteiger partial charge in [0, 0.05) is 35.6 Å². The Kier molecular flexibility index (Phi) is 5.13. The van der Waals surface area contributed by atoms with Crippen molar-refractivity contribution in [1.29, 1.82) is 0 Å². The third kappa shape index (κ3) is 3.83. The number of hydrogen-bond donors (Lipinski definition) is 1. The molecule has 4 rings (SSSR count). The van der Waals surface area contributed by atoms with Gasteiger partial charge >= 0.3 is 6.18 Å². The van der Waals surface area contributed by atoms with Gasteiger partial charge in [0.15, 0.2) is 5.78 Å². The van der Waals surface area contributed by atoms with Crippen molar-refractivity contribution < 1.29 is 22.7 Å². The zero-order valence-electron chi connectivity index (χ0n) is 14.8. The van der Waals surface area contributed by atoms with Crippen LogP contribution in [0.1, 0.15) is 21.5 Å². The van der Waals surface area contributed by atoms with E-state index in [-0.39, 0.29) is 22.1 Å². The monoisotopic (exact) mass is 451 g/mol. The first-order valence-electron chi connectivity index (χ1n) is 8.40. The average Bonchev–Trinajstić information content (AvgIpc) is 3.13. The van der Waals surface area contributed by atoms with Crippen LogP contribution in [0, 0.1) is 0 Å². The molecule has 1 N–H and O–H groups in total. The summed E-state index contributed by atoms with van der Waals surface area (Å²) < 4.78 is 43.9. The zero-order chi connectivity index (χ0) is 21.5. The van der Waals surface area contributed by atoms with Crippen LogP contribution < -0.4 is 4.74 Å². The average molecular weight is 452 g/mol. The number of alkyl halides is 3. The van der Waals surface area contributed by atoms with E-state index in [0.29, 0.717) is 27.8 Å². The number of benzene rings is 1. The van der Waals surface area contributed by atoms with Crippen molar-refractivity contribution in [2.24, 2.45) is 0 Å². The number of aromatic nitrogens is 3. The minimum Gasteiger partial charge on any atom is -0.456 e. The number of carbonyl (C=O) groups is 1. The van der Waals surface area contributed by atoms with E-state index in [1.165, 1.54) is 30.6 Å². The van der Waals surface area contributed by atoms with Crippen LogP contribution in [-0.2, 0) is 6.18 Å². The molecule has 0 atom stereocenters. The van der Waals surface area contributed by atoms with Crippen LogP contribution in [0.15, 0.2) is 55.1 Å². The first kappa shape index (κ1) is 20.2. The van der Waals surface area contributed by atoms with Gasteiger partial charge in [-0.3, -0.25) is 9.78 Å². The molecule has 0 saturated heterocycles. The molecule has 0 radical (unpaired) electrons. The smallest absolute Gasteiger partial charge is 0.418 e. The molecule has 3 heterocycles. The number of fused-ring (bicyclic) bond motifs is 1. The molecule has 0 spiro atoms. The van der Waals surface area contributed by atoms with Gasteiger partial charge in [-0.25, -0.2) is 4.98 Å². The summed E-state index contributed by atoms with van der Waals surface area (Å²) in [4.78, 5) is 23.5. The Hall–Kier alpha value is -3.10. The van der Waals surface area contributed by atoms with Crippen LogP contribution >= 0.6 is 23.2 Å². The number of H-pyrrole nitrogens is 1. The predicted octanol–water partition coefficient (Wildman–Crippen LogP) is 6.31. The van der Waals surface area contributed by atoms with E-state index >= 15 is 0 Å². The van der Waals surface area contributed by atoms with E-state index in [1.807, 2.05) is 0 Å². The molecule has 3 aromatic heterocycles. The van der Waals surface area contributed by atoms with E-state index in [2.05, 4.69) is 15.0 Å². The standard InChI is InChI=1S/C20H10Cl2F3N3O2/c21-15-3-4-27-19-17(15)14(9-28-19)18(29)13-2-1-11(6-16(13)22)30-12-5-10(7-26-8-12)20(23,24)25/h1-9H,(H,27,28). The molecule has 0 amide bonds. The fourth-order valence-electron chi connectivity index (χ4n) is 2.85. The van der Waals surface area contributed by atoms with Gasteiger partial charge in [-0.1, -0.05) is 23.2 Å². The highest BCUT2D eigenvalue weighted by atomic mass is 35.5. The summed E-state index contributed by atoms with van der Waals surface area (Å²) in [5.41, 5.74) is -0.0190. The minimum atomic E-state index is -4.55. The second-order valence-corrected chi connectivity index (χ2v) is 7.01. The largest absolute Gasteiger partial charge is 0.456 e. The summed E-state index contributed by atoms with van der Waals surface area (Å²) in [7, 11) is 0. The molecular formula is C20H10Cl2F3N3O2. The summed E-state index contributed by atoms with van der Waals surface area (Å²) in [6.07, 6.45) is 0.291. The molecule has 0 aliphatic rings. The Morgan fingerprint density at radius 2 is 1.80 bits per heavy atom. The van der Waals surface area contributed by atoms with Crippen molar-refractivity contribution in [2.45, 2.75) is 6.18 Å². The van der Waals surface area contributed by atoms with Gasteiger partial charge in [0.1, 0.15) is 17.1 Å². The summed E-state index contributed by atoms with van der Waals surface area (Å²) in [5.74, 6) is -0.362. The number of nitrogens with zero attached hydrogens (tertiary/aromatic N) is 2. The highest BCUT2D eigenvalue weighted by Crippen LogP contribution is 2.34. The van der Waals surface area contributed by atoms with Crippen LogP contribution in [0.3, 0.4) is 0 Å². The number of nitrogens with one attached hydrogen (secondary N) is 1. The van der Waals surface area contributed by atoms with Gasteiger partial charge in [0.2, 0.25) is 0 Å². The molecule has 0 aliphatic carbocycles. The highest BCUT2D eigenvalue weighted by Gasteiger charge is 2.31. The lowest BCUT2D eigenvalue weighted by atomic mass is 10.0. The molecule has 0 unspecified atom stereocenters. The molecule has 0 bridgehead atoms. The van der Waals surface area contributed by atoms with Crippen LogP contribution in [0.5, 0.6) is 11.5 Å². The molecule has 0 fully saturated rings.